The molecule has 3 rings (SSSR count). The highest BCUT2D eigenvalue weighted by molar-refractivity contribution is 5.77. The van der Waals surface area contributed by atoms with Gasteiger partial charge in [-0.3, -0.25) is 0 Å². The zero-order chi connectivity index (χ0) is 15.4. The number of aromatic hydroxyl groups is 2. The summed E-state index contributed by atoms with van der Waals surface area (Å²) >= 11 is 0. The molecule has 2 nitrogen and oxygen atoms in total. The van der Waals surface area contributed by atoms with Crippen LogP contribution in [0.4, 0.5) is 0 Å². The summed E-state index contributed by atoms with van der Waals surface area (Å²) in [6, 6.07) is 22.4. The van der Waals surface area contributed by atoms with E-state index in [1.807, 2.05) is 66.7 Å². The van der Waals surface area contributed by atoms with E-state index in [9.17, 15) is 10.2 Å². The third kappa shape index (κ3) is 3.18. The van der Waals surface area contributed by atoms with Crippen molar-refractivity contribution in [2.75, 3.05) is 0 Å². The molecule has 0 aromatic heterocycles. The molecule has 0 unspecified atom stereocenters. The van der Waals surface area contributed by atoms with Crippen molar-refractivity contribution in [1.82, 2.24) is 0 Å². The Balaban J connectivity index is 1.91. The van der Waals surface area contributed by atoms with Gasteiger partial charge < -0.3 is 10.2 Å². The van der Waals surface area contributed by atoms with Gasteiger partial charge in [0.25, 0.3) is 0 Å². The molecule has 0 atom stereocenters. The smallest absolute Gasteiger partial charge is 0.123 e. The highest BCUT2D eigenvalue weighted by Crippen LogP contribution is 2.30. The van der Waals surface area contributed by atoms with Crippen LogP contribution in [-0.4, -0.2) is 10.2 Å². The van der Waals surface area contributed by atoms with Gasteiger partial charge in [-0.05, 0) is 41.0 Å². The predicted molar refractivity (Wildman–Crippen MR) is 90.6 cm³/mol. The van der Waals surface area contributed by atoms with E-state index >= 15 is 0 Å². The third-order valence-electron chi connectivity index (χ3n) is 3.47. The highest BCUT2D eigenvalue weighted by atomic mass is 16.3. The van der Waals surface area contributed by atoms with Crippen LogP contribution in [0.2, 0.25) is 0 Å². The topological polar surface area (TPSA) is 40.5 Å². The Morgan fingerprint density at radius 1 is 0.636 bits per heavy atom. The number of hydrogen-bond donors (Lipinski definition) is 2. The molecule has 108 valence electrons. The van der Waals surface area contributed by atoms with E-state index in [4.69, 9.17) is 0 Å². The van der Waals surface area contributed by atoms with Crippen LogP contribution in [0.25, 0.3) is 23.3 Å². The Morgan fingerprint density at radius 2 is 1.27 bits per heavy atom. The van der Waals surface area contributed by atoms with Gasteiger partial charge in [0.2, 0.25) is 0 Å². The lowest BCUT2D eigenvalue weighted by molar-refractivity contribution is 0.475. The minimum atomic E-state index is 0.258. The quantitative estimate of drug-likeness (QED) is 0.670. The van der Waals surface area contributed by atoms with Crippen molar-refractivity contribution in [1.29, 1.82) is 0 Å². The van der Waals surface area contributed by atoms with Gasteiger partial charge in [-0.2, -0.15) is 0 Å². The van der Waals surface area contributed by atoms with E-state index in [2.05, 4.69) is 0 Å². The van der Waals surface area contributed by atoms with Gasteiger partial charge >= 0.3 is 0 Å². The van der Waals surface area contributed by atoms with Gasteiger partial charge in [-0.1, -0.05) is 60.7 Å². The second-order valence-corrected chi connectivity index (χ2v) is 5.07. The van der Waals surface area contributed by atoms with Gasteiger partial charge in [0.15, 0.2) is 0 Å². The van der Waals surface area contributed by atoms with Crippen LogP contribution in [0.1, 0.15) is 11.1 Å². The first-order valence-corrected chi connectivity index (χ1v) is 7.08. The monoisotopic (exact) mass is 288 g/mol. The summed E-state index contributed by atoms with van der Waals surface area (Å²) in [5.74, 6) is 0.529. The number of phenols is 2. The van der Waals surface area contributed by atoms with Gasteiger partial charge in [0.1, 0.15) is 11.5 Å². The molecular weight excluding hydrogens is 272 g/mol. The molecule has 0 amide bonds. The Kier molecular flexibility index (Phi) is 3.92. The number of rotatable bonds is 3. The van der Waals surface area contributed by atoms with Crippen molar-refractivity contribution >= 4 is 12.2 Å². The molecule has 2 N–H and O–H groups in total. The second kappa shape index (κ2) is 6.19. The summed E-state index contributed by atoms with van der Waals surface area (Å²) in [6.07, 6.45) is 3.96. The van der Waals surface area contributed by atoms with Gasteiger partial charge in [0, 0.05) is 5.56 Å². The predicted octanol–water partition coefficient (Wildman–Crippen LogP) is 4.94. The summed E-state index contributed by atoms with van der Waals surface area (Å²) in [5, 5.41) is 19.3. The minimum Gasteiger partial charge on any atom is -0.508 e. The standard InChI is InChI=1S/C20H16O2/c21-18-11-8-15(9-12-18)6-7-16-10-13-20(22)19(14-16)17-4-2-1-3-5-17/h1-14,21-22H/b7-6+. The number of phenolic OH excluding ortho intramolecular Hbond substituents is 2. The maximum absolute atomic E-state index is 10.1. The maximum atomic E-state index is 10.1. The molecule has 3 aromatic carbocycles. The fourth-order valence-corrected chi connectivity index (χ4v) is 2.28. The third-order valence-corrected chi connectivity index (χ3v) is 3.47. The van der Waals surface area contributed by atoms with E-state index in [1.54, 1.807) is 18.2 Å². The first-order chi connectivity index (χ1) is 10.7. The first-order valence-electron chi connectivity index (χ1n) is 7.08. The van der Waals surface area contributed by atoms with E-state index < -0.39 is 0 Å². The molecule has 0 aliphatic carbocycles. The van der Waals surface area contributed by atoms with Crippen LogP contribution in [0.3, 0.4) is 0 Å². The molecule has 0 radical (unpaired) electrons. The largest absolute Gasteiger partial charge is 0.508 e. The Morgan fingerprint density at radius 3 is 2.00 bits per heavy atom. The van der Waals surface area contributed by atoms with Crippen molar-refractivity contribution in [3.63, 3.8) is 0 Å². The van der Waals surface area contributed by atoms with Crippen molar-refractivity contribution in [2.24, 2.45) is 0 Å². The summed E-state index contributed by atoms with van der Waals surface area (Å²) in [5.41, 5.74) is 3.81. The molecule has 3 aromatic rings. The van der Waals surface area contributed by atoms with E-state index in [0.717, 1.165) is 22.3 Å². The van der Waals surface area contributed by atoms with Crippen LogP contribution in [-0.2, 0) is 0 Å². The Hall–Kier alpha value is -3.00. The molecule has 0 bridgehead atoms. The lowest BCUT2D eigenvalue weighted by Gasteiger charge is -2.06. The van der Waals surface area contributed by atoms with Crippen LogP contribution in [0, 0.1) is 0 Å². The van der Waals surface area contributed by atoms with Crippen LogP contribution < -0.4 is 0 Å². The fraction of sp³-hybridized carbons (Fsp3) is 0. The van der Waals surface area contributed by atoms with E-state index in [1.165, 1.54) is 0 Å². The van der Waals surface area contributed by atoms with E-state index in [-0.39, 0.29) is 11.5 Å². The van der Waals surface area contributed by atoms with Gasteiger partial charge in [-0.25, -0.2) is 0 Å². The number of benzene rings is 3. The second-order valence-electron chi connectivity index (χ2n) is 5.07. The number of hydrogen-bond acceptors (Lipinski definition) is 2. The van der Waals surface area contributed by atoms with Crippen molar-refractivity contribution in [2.45, 2.75) is 0 Å². The Labute approximate surface area is 129 Å². The molecule has 0 heterocycles. The maximum Gasteiger partial charge on any atom is 0.123 e. The normalized spacial score (nSPS) is 10.9. The average molecular weight is 288 g/mol. The van der Waals surface area contributed by atoms with Crippen LogP contribution in [0.5, 0.6) is 11.5 Å². The van der Waals surface area contributed by atoms with Crippen molar-refractivity contribution < 1.29 is 10.2 Å². The average Bonchev–Trinajstić information content (AvgIpc) is 2.56. The van der Waals surface area contributed by atoms with Crippen LogP contribution in [0.15, 0.2) is 72.8 Å². The fourth-order valence-electron chi connectivity index (χ4n) is 2.28. The summed E-state index contributed by atoms with van der Waals surface area (Å²) in [6.45, 7) is 0. The zero-order valence-electron chi connectivity index (χ0n) is 12.0. The lowest BCUT2D eigenvalue weighted by atomic mass is 10.0. The molecule has 0 aliphatic heterocycles. The molecule has 0 aliphatic rings. The SMILES string of the molecule is Oc1ccc(/C=C/c2ccc(O)c(-c3ccccc3)c2)cc1. The highest BCUT2D eigenvalue weighted by Gasteiger charge is 2.04. The molecule has 0 spiro atoms. The van der Waals surface area contributed by atoms with Crippen molar-refractivity contribution in [3.05, 3.63) is 83.9 Å². The zero-order valence-corrected chi connectivity index (χ0v) is 12.0. The summed E-state index contributed by atoms with van der Waals surface area (Å²) < 4.78 is 0. The molecular formula is C20H16O2. The van der Waals surface area contributed by atoms with E-state index in [0.29, 0.717) is 0 Å². The van der Waals surface area contributed by atoms with Gasteiger partial charge in [0.05, 0.1) is 0 Å². The molecule has 22 heavy (non-hydrogen) atoms. The van der Waals surface area contributed by atoms with Crippen molar-refractivity contribution in [3.8, 4) is 22.6 Å². The van der Waals surface area contributed by atoms with Gasteiger partial charge in [-0.15, -0.1) is 0 Å². The summed E-state index contributed by atoms with van der Waals surface area (Å²) in [4.78, 5) is 0. The first kappa shape index (κ1) is 14.0. The lowest BCUT2D eigenvalue weighted by Crippen LogP contribution is -1.81. The summed E-state index contributed by atoms with van der Waals surface area (Å²) in [7, 11) is 0. The Bertz CT molecular complexity index is 788. The molecule has 2 heteroatoms. The van der Waals surface area contributed by atoms with Crippen LogP contribution >= 0.6 is 0 Å². The minimum absolute atomic E-state index is 0.258. The molecule has 0 saturated carbocycles. The molecule has 0 fully saturated rings. The molecule has 0 saturated heterocycles.